The molecule has 1 heterocycles. The summed E-state index contributed by atoms with van der Waals surface area (Å²) in [6.07, 6.45) is 2.04. The molecule has 0 fully saturated rings. The fraction of sp³-hybridized carbons (Fsp3) is 0.143. The molecule has 0 radical (unpaired) electrons. The fourth-order valence-corrected chi connectivity index (χ4v) is 1.72. The zero-order valence-electron chi connectivity index (χ0n) is 10.2. The molecule has 0 bridgehead atoms. The van der Waals surface area contributed by atoms with Crippen LogP contribution in [0.1, 0.15) is 15.9 Å². The number of methoxy groups -OCH3 is 1. The van der Waals surface area contributed by atoms with E-state index in [-0.39, 0.29) is 23.3 Å². The third kappa shape index (κ3) is 2.76. The van der Waals surface area contributed by atoms with Gasteiger partial charge in [-0.1, -0.05) is 12.1 Å². The van der Waals surface area contributed by atoms with E-state index in [0.717, 1.165) is 6.20 Å². The average Bonchev–Trinajstić information content (AvgIpc) is 2.41. The molecule has 98 valence electrons. The monoisotopic (exact) mass is 263 g/mol. The second kappa shape index (κ2) is 5.56. The summed E-state index contributed by atoms with van der Waals surface area (Å²) in [4.78, 5) is 15.5. The Bertz CT molecular complexity index is 614. The lowest BCUT2D eigenvalue weighted by Crippen LogP contribution is -2.08. The van der Waals surface area contributed by atoms with Gasteiger partial charge in [0.15, 0.2) is 23.2 Å². The number of halogens is 2. The molecule has 0 saturated carbocycles. The Balaban J connectivity index is 2.27. The third-order valence-electron chi connectivity index (χ3n) is 2.69. The predicted molar refractivity (Wildman–Crippen MR) is 65.2 cm³/mol. The van der Waals surface area contributed by atoms with Gasteiger partial charge in [0.1, 0.15) is 0 Å². The number of carbonyl (C=O) groups excluding carboxylic acids is 1. The van der Waals surface area contributed by atoms with Gasteiger partial charge in [0.05, 0.1) is 18.9 Å². The molecule has 0 aliphatic carbocycles. The fourth-order valence-electron chi connectivity index (χ4n) is 1.72. The molecular formula is C14H11F2NO2. The van der Waals surface area contributed by atoms with Gasteiger partial charge in [-0.3, -0.25) is 9.78 Å². The highest BCUT2D eigenvalue weighted by atomic mass is 19.1. The molecule has 0 aliphatic heterocycles. The van der Waals surface area contributed by atoms with Crippen molar-refractivity contribution in [2.45, 2.75) is 6.42 Å². The first-order valence-electron chi connectivity index (χ1n) is 5.57. The quantitative estimate of drug-likeness (QED) is 0.796. The minimum atomic E-state index is -0.712. The zero-order chi connectivity index (χ0) is 13.8. The first-order chi connectivity index (χ1) is 9.13. The van der Waals surface area contributed by atoms with Crippen molar-refractivity contribution < 1.29 is 18.3 Å². The second-order valence-electron chi connectivity index (χ2n) is 3.89. The van der Waals surface area contributed by atoms with E-state index in [4.69, 9.17) is 4.74 Å². The Labute approximate surface area is 108 Å². The van der Waals surface area contributed by atoms with Gasteiger partial charge < -0.3 is 4.74 Å². The van der Waals surface area contributed by atoms with E-state index >= 15 is 0 Å². The number of rotatable bonds is 4. The van der Waals surface area contributed by atoms with E-state index in [1.54, 1.807) is 6.07 Å². The van der Waals surface area contributed by atoms with Gasteiger partial charge >= 0.3 is 0 Å². The molecule has 2 aromatic rings. The maximum Gasteiger partial charge on any atom is 0.170 e. The molecule has 0 N–H and O–H groups in total. The minimum absolute atomic E-state index is 0.0560. The van der Waals surface area contributed by atoms with E-state index in [0.29, 0.717) is 0 Å². The van der Waals surface area contributed by atoms with E-state index in [1.165, 1.54) is 31.5 Å². The van der Waals surface area contributed by atoms with E-state index in [1.807, 2.05) is 0 Å². The lowest BCUT2D eigenvalue weighted by atomic mass is 10.0. The van der Waals surface area contributed by atoms with Crippen molar-refractivity contribution in [2.75, 3.05) is 7.11 Å². The van der Waals surface area contributed by atoms with Gasteiger partial charge in [-0.25, -0.2) is 8.78 Å². The summed E-state index contributed by atoms with van der Waals surface area (Å²) in [7, 11) is 1.34. The van der Waals surface area contributed by atoms with Crippen molar-refractivity contribution in [3.05, 3.63) is 59.4 Å². The van der Waals surface area contributed by atoms with E-state index < -0.39 is 17.4 Å². The predicted octanol–water partition coefficient (Wildman–Crippen LogP) is 2.79. The summed E-state index contributed by atoms with van der Waals surface area (Å²) < 4.78 is 32.1. The van der Waals surface area contributed by atoms with Crippen molar-refractivity contribution in [3.8, 4) is 5.75 Å². The van der Waals surface area contributed by atoms with Gasteiger partial charge in [0, 0.05) is 12.6 Å². The lowest BCUT2D eigenvalue weighted by Gasteiger charge is -2.07. The maximum atomic E-state index is 13.9. The maximum absolute atomic E-state index is 13.9. The molecule has 5 heteroatoms. The van der Waals surface area contributed by atoms with Crippen molar-refractivity contribution in [2.24, 2.45) is 0 Å². The van der Waals surface area contributed by atoms with Crippen molar-refractivity contribution >= 4 is 5.78 Å². The van der Waals surface area contributed by atoms with Gasteiger partial charge in [0.2, 0.25) is 0 Å². The summed E-state index contributed by atoms with van der Waals surface area (Å²) in [5, 5.41) is 0. The minimum Gasteiger partial charge on any atom is -0.494 e. The molecule has 19 heavy (non-hydrogen) atoms. The average molecular weight is 263 g/mol. The highest BCUT2D eigenvalue weighted by Gasteiger charge is 2.16. The van der Waals surface area contributed by atoms with Crippen LogP contribution < -0.4 is 4.74 Å². The molecule has 0 atom stereocenters. The normalized spacial score (nSPS) is 10.3. The number of carbonyl (C=O) groups is 1. The number of benzene rings is 1. The molecule has 0 aliphatic rings. The topological polar surface area (TPSA) is 39.2 Å². The number of ketones is 1. The highest BCUT2D eigenvalue weighted by Crippen LogP contribution is 2.21. The van der Waals surface area contributed by atoms with E-state index in [9.17, 15) is 13.6 Å². The number of nitrogens with zero attached hydrogens (tertiary/aromatic N) is 1. The Hall–Kier alpha value is -2.30. The lowest BCUT2D eigenvalue weighted by molar-refractivity contribution is 0.0987. The van der Waals surface area contributed by atoms with Crippen molar-refractivity contribution in [1.82, 2.24) is 4.98 Å². The Morgan fingerprint density at radius 2 is 2.11 bits per heavy atom. The first-order valence-corrected chi connectivity index (χ1v) is 5.57. The summed E-state index contributed by atoms with van der Waals surface area (Å²) in [5.41, 5.74) is 0.0674. The zero-order valence-corrected chi connectivity index (χ0v) is 10.2. The third-order valence-corrected chi connectivity index (χ3v) is 2.69. The number of hydrogen-bond acceptors (Lipinski definition) is 3. The van der Waals surface area contributed by atoms with Crippen LogP contribution in [0.4, 0.5) is 8.78 Å². The van der Waals surface area contributed by atoms with Gasteiger partial charge in [-0.2, -0.15) is 0 Å². The number of hydrogen-bond donors (Lipinski definition) is 0. The van der Waals surface area contributed by atoms with Crippen LogP contribution in [0.15, 0.2) is 36.7 Å². The summed E-state index contributed by atoms with van der Waals surface area (Å²) in [6.45, 7) is 0. The highest BCUT2D eigenvalue weighted by molar-refractivity contribution is 5.97. The Morgan fingerprint density at radius 3 is 2.79 bits per heavy atom. The molecule has 0 unspecified atom stereocenters. The second-order valence-corrected chi connectivity index (χ2v) is 3.89. The van der Waals surface area contributed by atoms with Gasteiger partial charge in [-0.15, -0.1) is 0 Å². The largest absolute Gasteiger partial charge is 0.494 e. The Morgan fingerprint density at radius 1 is 1.32 bits per heavy atom. The molecule has 0 amide bonds. The summed E-state index contributed by atoms with van der Waals surface area (Å²) in [5.74, 6) is -1.77. The van der Waals surface area contributed by atoms with Crippen LogP contribution in [0.5, 0.6) is 5.75 Å². The molecule has 0 saturated heterocycles. The molecular weight excluding hydrogens is 252 g/mol. The SMILES string of the molecule is COc1cccc(CC(=O)c2ccncc2F)c1F. The Kier molecular flexibility index (Phi) is 3.85. The first kappa shape index (κ1) is 13.1. The number of aromatic nitrogens is 1. The molecule has 2 rings (SSSR count). The molecule has 1 aromatic heterocycles. The summed E-state index contributed by atoms with van der Waals surface area (Å²) in [6, 6.07) is 5.77. The van der Waals surface area contributed by atoms with Crippen LogP contribution in [0.25, 0.3) is 0 Å². The molecule has 1 aromatic carbocycles. The standard InChI is InChI=1S/C14H11F2NO2/c1-19-13-4-2-3-9(14(13)16)7-12(18)10-5-6-17-8-11(10)15/h2-6,8H,7H2,1H3. The van der Waals surface area contributed by atoms with Crippen molar-refractivity contribution in [1.29, 1.82) is 0 Å². The van der Waals surface area contributed by atoms with Crippen LogP contribution in [0, 0.1) is 11.6 Å². The molecule has 0 spiro atoms. The number of Topliss-reactive ketones (excluding diaryl/α,β-unsaturated/α-hetero) is 1. The van der Waals surface area contributed by atoms with Crippen LogP contribution in [0.2, 0.25) is 0 Å². The summed E-state index contributed by atoms with van der Waals surface area (Å²) >= 11 is 0. The van der Waals surface area contributed by atoms with Crippen molar-refractivity contribution in [3.63, 3.8) is 0 Å². The number of ether oxygens (including phenoxy) is 1. The van der Waals surface area contributed by atoms with Gasteiger partial charge in [-0.05, 0) is 17.7 Å². The van der Waals surface area contributed by atoms with Crippen LogP contribution in [0.3, 0.4) is 0 Å². The van der Waals surface area contributed by atoms with E-state index in [2.05, 4.69) is 4.98 Å². The van der Waals surface area contributed by atoms with Crippen LogP contribution in [-0.2, 0) is 6.42 Å². The smallest absolute Gasteiger partial charge is 0.170 e. The van der Waals surface area contributed by atoms with Crippen LogP contribution in [-0.4, -0.2) is 17.9 Å². The van der Waals surface area contributed by atoms with Crippen LogP contribution >= 0.6 is 0 Å². The molecule has 3 nitrogen and oxygen atoms in total. The van der Waals surface area contributed by atoms with Gasteiger partial charge in [0.25, 0.3) is 0 Å². The number of pyridine rings is 1.